The van der Waals surface area contributed by atoms with Gasteiger partial charge in [0.25, 0.3) is 0 Å². The maximum Gasteiger partial charge on any atom is 0.308 e. The van der Waals surface area contributed by atoms with Crippen molar-refractivity contribution in [2.45, 2.75) is 45.4 Å². The first kappa shape index (κ1) is 13.4. The fourth-order valence-corrected chi connectivity index (χ4v) is 3.38. The molecule has 0 saturated heterocycles. The number of nitrogens with one attached hydrogen (secondary N) is 1. The zero-order valence-corrected chi connectivity index (χ0v) is 11.0. The minimum atomic E-state index is -0.801. The predicted molar refractivity (Wildman–Crippen MR) is 68.0 cm³/mol. The van der Waals surface area contributed by atoms with Gasteiger partial charge in [0.15, 0.2) is 0 Å². The Hall–Kier alpha value is -1.06. The van der Waals surface area contributed by atoms with E-state index in [0.29, 0.717) is 18.3 Å². The molecular weight excluding hydrogens is 230 g/mol. The van der Waals surface area contributed by atoms with Crippen molar-refractivity contribution in [1.82, 2.24) is 5.32 Å². The molecule has 2 fully saturated rings. The lowest BCUT2D eigenvalue weighted by Crippen LogP contribution is -2.34. The zero-order valence-electron chi connectivity index (χ0n) is 11.0. The molecule has 0 bridgehead atoms. The highest BCUT2D eigenvalue weighted by Crippen LogP contribution is 2.55. The average molecular weight is 253 g/mol. The predicted octanol–water partition coefficient (Wildman–Crippen LogP) is 2.04. The lowest BCUT2D eigenvalue weighted by Gasteiger charge is -2.12. The summed E-state index contributed by atoms with van der Waals surface area (Å²) < 4.78 is 0. The van der Waals surface area contributed by atoms with Gasteiger partial charge in [0.2, 0.25) is 5.91 Å². The molecule has 2 saturated carbocycles. The molecule has 4 nitrogen and oxygen atoms in total. The third-order valence-electron chi connectivity index (χ3n) is 4.47. The van der Waals surface area contributed by atoms with Gasteiger partial charge in [-0.3, -0.25) is 9.59 Å². The van der Waals surface area contributed by atoms with Crippen molar-refractivity contribution in [3.8, 4) is 0 Å². The average Bonchev–Trinajstić information content (AvgIpc) is 3.08. The van der Waals surface area contributed by atoms with E-state index < -0.39 is 11.9 Å². The van der Waals surface area contributed by atoms with Crippen LogP contribution in [0.1, 0.15) is 45.4 Å². The summed E-state index contributed by atoms with van der Waals surface area (Å²) in [5, 5.41) is 11.9. The fourth-order valence-electron chi connectivity index (χ4n) is 3.38. The normalized spacial score (nSPS) is 31.3. The van der Waals surface area contributed by atoms with Gasteiger partial charge in [-0.2, -0.15) is 0 Å². The monoisotopic (exact) mass is 253 g/mol. The minimum absolute atomic E-state index is 0.0919. The number of carboxylic acids is 1. The zero-order chi connectivity index (χ0) is 13.1. The number of aliphatic carboxylic acids is 1. The van der Waals surface area contributed by atoms with Gasteiger partial charge in [0, 0.05) is 12.5 Å². The Labute approximate surface area is 108 Å². The number of amides is 1. The Bertz CT molecular complexity index is 317. The smallest absolute Gasteiger partial charge is 0.308 e. The lowest BCUT2D eigenvalue weighted by molar-refractivity contribution is -0.142. The van der Waals surface area contributed by atoms with Crippen molar-refractivity contribution in [1.29, 1.82) is 0 Å². The van der Waals surface area contributed by atoms with Gasteiger partial charge in [0.1, 0.15) is 0 Å². The molecule has 0 radical (unpaired) electrons. The van der Waals surface area contributed by atoms with Crippen LogP contribution < -0.4 is 5.32 Å². The molecule has 2 rings (SSSR count). The van der Waals surface area contributed by atoms with Crippen molar-refractivity contribution >= 4 is 11.9 Å². The van der Waals surface area contributed by atoms with Gasteiger partial charge >= 0.3 is 5.97 Å². The molecule has 0 heterocycles. The van der Waals surface area contributed by atoms with Crippen molar-refractivity contribution in [2.24, 2.45) is 23.7 Å². The largest absolute Gasteiger partial charge is 0.481 e. The molecule has 0 spiro atoms. The Morgan fingerprint density at radius 2 is 1.89 bits per heavy atom. The van der Waals surface area contributed by atoms with E-state index in [0.717, 1.165) is 6.42 Å². The van der Waals surface area contributed by atoms with Crippen molar-refractivity contribution in [2.75, 3.05) is 6.54 Å². The second-order valence-corrected chi connectivity index (χ2v) is 5.71. The molecule has 0 aromatic carbocycles. The number of hydrogen-bond donors (Lipinski definition) is 2. The van der Waals surface area contributed by atoms with E-state index >= 15 is 0 Å². The van der Waals surface area contributed by atoms with Crippen LogP contribution in [0.15, 0.2) is 0 Å². The summed E-state index contributed by atoms with van der Waals surface area (Å²) in [6.07, 6.45) is 6.33. The molecular formula is C14H23NO3. The standard InChI is InChI=1S/C14H23NO3/c1-2-5-9(14(17)18)8-15-13(16)12-10-6-3-4-7-11(10)12/h9-12H,2-8H2,1H3,(H,15,16)(H,17,18). The fraction of sp³-hybridized carbons (Fsp3) is 0.857. The molecule has 102 valence electrons. The van der Waals surface area contributed by atoms with E-state index in [4.69, 9.17) is 5.11 Å². The van der Waals surface area contributed by atoms with E-state index in [2.05, 4.69) is 5.32 Å². The summed E-state index contributed by atoms with van der Waals surface area (Å²) in [5.41, 5.74) is 0. The lowest BCUT2D eigenvalue weighted by atomic mass is 10.0. The summed E-state index contributed by atoms with van der Waals surface area (Å²) in [4.78, 5) is 23.0. The number of carbonyl (C=O) groups excluding carboxylic acids is 1. The first-order valence-electron chi connectivity index (χ1n) is 7.15. The van der Waals surface area contributed by atoms with Crippen molar-refractivity contribution in [3.63, 3.8) is 0 Å². The van der Waals surface area contributed by atoms with E-state index in [1.54, 1.807) is 0 Å². The second-order valence-electron chi connectivity index (χ2n) is 5.71. The number of rotatable bonds is 6. The van der Waals surface area contributed by atoms with Gasteiger partial charge < -0.3 is 10.4 Å². The number of carboxylic acid groups (broad SMARTS) is 1. The van der Waals surface area contributed by atoms with Gasteiger partial charge in [-0.1, -0.05) is 26.2 Å². The topological polar surface area (TPSA) is 66.4 Å². The molecule has 4 heteroatoms. The Kier molecular flexibility index (Phi) is 4.25. The maximum atomic E-state index is 12.0. The molecule has 2 N–H and O–H groups in total. The van der Waals surface area contributed by atoms with E-state index in [1.165, 1.54) is 25.7 Å². The Balaban J connectivity index is 1.76. The van der Waals surface area contributed by atoms with E-state index in [-0.39, 0.29) is 18.4 Å². The van der Waals surface area contributed by atoms with Crippen LogP contribution in [-0.2, 0) is 9.59 Å². The van der Waals surface area contributed by atoms with Crippen LogP contribution in [0.25, 0.3) is 0 Å². The third-order valence-corrected chi connectivity index (χ3v) is 4.47. The van der Waals surface area contributed by atoms with Crippen LogP contribution in [-0.4, -0.2) is 23.5 Å². The van der Waals surface area contributed by atoms with Crippen molar-refractivity contribution < 1.29 is 14.7 Å². The van der Waals surface area contributed by atoms with Gasteiger partial charge in [-0.05, 0) is 31.1 Å². The number of carbonyl (C=O) groups is 2. The Morgan fingerprint density at radius 1 is 1.28 bits per heavy atom. The van der Waals surface area contributed by atoms with E-state index in [1.807, 2.05) is 6.92 Å². The third kappa shape index (κ3) is 2.85. The summed E-state index contributed by atoms with van der Waals surface area (Å²) in [7, 11) is 0. The molecule has 0 aromatic heterocycles. The quantitative estimate of drug-likeness (QED) is 0.761. The molecule has 0 aliphatic heterocycles. The Morgan fingerprint density at radius 3 is 2.39 bits per heavy atom. The van der Waals surface area contributed by atoms with Crippen molar-refractivity contribution in [3.05, 3.63) is 0 Å². The first-order valence-corrected chi connectivity index (χ1v) is 7.15. The number of hydrogen-bond acceptors (Lipinski definition) is 2. The SMILES string of the molecule is CCCC(CNC(=O)C1C2CCCCC21)C(=O)O. The molecule has 0 aromatic rings. The highest BCUT2D eigenvalue weighted by atomic mass is 16.4. The van der Waals surface area contributed by atoms with Crippen LogP contribution in [0, 0.1) is 23.7 Å². The van der Waals surface area contributed by atoms with Crippen LogP contribution in [0.5, 0.6) is 0 Å². The summed E-state index contributed by atoms with van der Waals surface area (Å²) in [6.45, 7) is 2.26. The summed E-state index contributed by atoms with van der Waals surface area (Å²) >= 11 is 0. The minimum Gasteiger partial charge on any atom is -0.481 e. The molecule has 2 aliphatic carbocycles. The molecule has 1 amide bonds. The molecule has 3 unspecified atom stereocenters. The molecule has 2 aliphatic rings. The number of fused-ring (bicyclic) bond motifs is 1. The van der Waals surface area contributed by atoms with E-state index in [9.17, 15) is 9.59 Å². The highest BCUT2D eigenvalue weighted by Gasteiger charge is 2.54. The van der Waals surface area contributed by atoms with Gasteiger partial charge in [-0.15, -0.1) is 0 Å². The van der Waals surface area contributed by atoms with Crippen LogP contribution in [0.3, 0.4) is 0 Å². The summed E-state index contributed by atoms with van der Waals surface area (Å²) in [5.74, 6) is 0.226. The summed E-state index contributed by atoms with van der Waals surface area (Å²) in [6, 6.07) is 0. The highest BCUT2D eigenvalue weighted by molar-refractivity contribution is 5.83. The van der Waals surface area contributed by atoms with Gasteiger partial charge in [-0.25, -0.2) is 0 Å². The molecule has 3 atom stereocenters. The molecule has 18 heavy (non-hydrogen) atoms. The van der Waals surface area contributed by atoms with Gasteiger partial charge in [0.05, 0.1) is 5.92 Å². The second kappa shape index (κ2) is 5.72. The van der Waals surface area contributed by atoms with Crippen LogP contribution in [0.2, 0.25) is 0 Å². The van der Waals surface area contributed by atoms with Crippen LogP contribution in [0.4, 0.5) is 0 Å². The maximum absolute atomic E-state index is 12.0. The first-order chi connectivity index (χ1) is 8.65. The van der Waals surface area contributed by atoms with Crippen LogP contribution >= 0.6 is 0 Å².